The van der Waals surface area contributed by atoms with Crippen LogP contribution in [0.25, 0.3) is 0 Å². The van der Waals surface area contributed by atoms with E-state index in [2.05, 4.69) is 26.6 Å². The van der Waals surface area contributed by atoms with Crippen LogP contribution in [0.1, 0.15) is 0 Å². The number of hydrogen-bond acceptors (Lipinski definition) is 3. The Hall–Kier alpha value is 0.970. The van der Waals surface area contributed by atoms with E-state index >= 15 is 0 Å². The lowest BCUT2D eigenvalue weighted by atomic mass is 11.8. The molecular weight excluding hydrogens is 156 g/mol. The SMILES string of the molecule is CO[SH](=S)=S=S. The molecule has 0 aliphatic rings. The summed E-state index contributed by atoms with van der Waals surface area (Å²) in [6, 6.07) is 0. The van der Waals surface area contributed by atoms with Gasteiger partial charge in [-0.1, -0.05) is 0 Å². The molecule has 0 aliphatic heterocycles. The van der Waals surface area contributed by atoms with Gasteiger partial charge in [-0.15, -0.1) is 0 Å². The van der Waals surface area contributed by atoms with Gasteiger partial charge in [-0.05, 0) is 31.3 Å². The van der Waals surface area contributed by atoms with Crippen molar-refractivity contribution in [2.24, 2.45) is 0 Å². The minimum atomic E-state index is -0.761. The van der Waals surface area contributed by atoms with Crippen LogP contribution in [0.5, 0.6) is 0 Å². The van der Waals surface area contributed by atoms with Crippen molar-refractivity contribution in [3.63, 3.8) is 0 Å². The van der Waals surface area contributed by atoms with Gasteiger partial charge in [-0.2, -0.15) is 0 Å². The molecule has 0 rings (SSSR count). The molecule has 0 amide bonds. The van der Waals surface area contributed by atoms with Crippen LogP contribution < -0.4 is 0 Å². The smallest absolute Gasteiger partial charge is 0.0506 e. The molecule has 0 N–H and O–H groups in total. The van der Waals surface area contributed by atoms with Crippen LogP contribution in [0.2, 0.25) is 0 Å². The highest BCUT2D eigenvalue weighted by atomic mass is 33.2. The first-order valence-corrected chi connectivity index (χ1v) is 5.74. The molecule has 0 heterocycles. The zero-order valence-corrected chi connectivity index (χ0v) is 6.42. The standard InChI is InChI=1S/CH4OS4/c1-2-6(4)5-3/h6H,1H3. The molecule has 38 valence electrons. The van der Waals surface area contributed by atoms with Gasteiger partial charge >= 0.3 is 0 Å². The summed E-state index contributed by atoms with van der Waals surface area (Å²) in [6.45, 7) is 0. The van der Waals surface area contributed by atoms with Crippen LogP contribution in [0.4, 0.5) is 0 Å². The Labute approximate surface area is 50.9 Å². The third-order valence-electron chi connectivity index (χ3n) is 0.210. The summed E-state index contributed by atoms with van der Waals surface area (Å²) in [5.74, 6) is 0. The van der Waals surface area contributed by atoms with E-state index in [1.807, 2.05) is 0 Å². The molecule has 0 radical (unpaired) electrons. The lowest BCUT2D eigenvalue weighted by Crippen LogP contribution is -1.70. The molecule has 1 atom stereocenters. The van der Waals surface area contributed by atoms with Crippen molar-refractivity contribution in [2.45, 2.75) is 0 Å². The average Bonchev–Trinajstić information content (AvgIpc) is 1.65. The Morgan fingerprint density at radius 3 is 2.33 bits per heavy atom. The Morgan fingerprint density at radius 1 is 1.83 bits per heavy atom. The first-order chi connectivity index (χ1) is 2.81. The summed E-state index contributed by atoms with van der Waals surface area (Å²) in [5, 5.41) is 0. The van der Waals surface area contributed by atoms with Gasteiger partial charge in [0.1, 0.15) is 0 Å². The fourth-order valence-electron chi connectivity index (χ4n) is 0.0304. The maximum atomic E-state index is 4.64. The van der Waals surface area contributed by atoms with E-state index in [-0.39, 0.29) is 0 Å². The molecule has 0 aromatic heterocycles. The van der Waals surface area contributed by atoms with Gasteiger partial charge in [0.2, 0.25) is 0 Å². The molecule has 0 saturated heterocycles. The first kappa shape index (κ1) is 6.97. The van der Waals surface area contributed by atoms with Crippen molar-refractivity contribution in [2.75, 3.05) is 7.11 Å². The second kappa shape index (κ2) is 4.14. The summed E-state index contributed by atoms with van der Waals surface area (Å²) in [4.78, 5) is 0. The first-order valence-electron chi connectivity index (χ1n) is 1.12. The van der Waals surface area contributed by atoms with E-state index < -0.39 is 8.29 Å². The summed E-state index contributed by atoms with van der Waals surface area (Å²) < 4.78 is 4.64. The molecule has 0 aromatic rings. The van der Waals surface area contributed by atoms with Crippen LogP contribution in [0.3, 0.4) is 0 Å². The topological polar surface area (TPSA) is 9.23 Å². The monoisotopic (exact) mass is 160 g/mol. The minimum absolute atomic E-state index is 0.761. The fraction of sp³-hybridized carbons (Fsp3) is 1.00. The van der Waals surface area contributed by atoms with Crippen molar-refractivity contribution in [1.29, 1.82) is 0 Å². The van der Waals surface area contributed by atoms with E-state index in [0.29, 0.717) is 0 Å². The molecule has 0 aromatic carbocycles. The average molecular weight is 160 g/mol. The van der Waals surface area contributed by atoms with Crippen molar-refractivity contribution < 1.29 is 4.18 Å². The largest absolute Gasteiger partial charge is 0.316 e. The van der Waals surface area contributed by atoms with Crippen LogP contribution in [-0.4, -0.2) is 7.11 Å². The van der Waals surface area contributed by atoms with E-state index in [9.17, 15) is 0 Å². The predicted molar refractivity (Wildman–Crippen MR) is 37.9 cm³/mol. The quantitative estimate of drug-likeness (QED) is 0.533. The lowest BCUT2D eigenvalue weighted by molar-refractivity contribution is 0.494. The molecule has 6 heavy (non-hydrogen) atoms. The summed E-state index contributed by atoms with van der Waals surface area (Å²) in [6.07, 6.45) is 0. The third kappa shape index (κ3) is 3.17. The maximum absolute atomic E-state index is 4.64. The van der Waals surface area contributed by atoms with Crippen molar-refractivity contribution in [1.82, 2.24) is 0 Å². The van der Waals surface area contributed by atoms with E-state index in [1.165, 1.54) is 8.88 Å². The Kier molecular flexibility index (Phi) is 4.81. The molecule has 0 spiro atoms. The van der Waals surface area contributed by atoms with Crippen LogP contribution in [0, 0.1) is 0 Å². The van der Waals surface area contributed by atoms with Crippen LogP contribution in [-0.2, 0) is 43.7 Å². The van der Waals surface area contributed by atoms with E-state index in [1.54, 1.807) is 7.11 Å². The number of hydrogen-bond donors (Lipinski definition) is 1. The second-order valence-electron chi connectivity index (χ2n) is 0.481. The van der Waals surface area contributed by atoms with Gasteiger partial charge in [0, 0.05) is 8.29 Å². The summed E-state index contributed by atoms with van der Waals surface area (Å²) >= 11 is 9.13. The van der Waals surface area contributed by atoms with E-state index in [4.69, 9.17) is 0 Å². The Bertz CT molecular complexity index is 116. The van der Waals surface area contributed by atoms with Gasteiger partial charge in [0.15, 0.2) is 0 Å². The molecule has 0 aliphatic carbocycles. The highest BCUT2D eigenvalue weighted by Crippen LogP contribution is 1.60. The second-order valence-corrected chi connectivity index (χ2v) is 5.91. The normalized spacial score (nSPS) is 13.5. The molecule has 0 saturated carbocycles. The zero-order chi connectivity index (χ0) is 4.99. The Morgan fingerprint density at radius 2 is 2.33 bits per heavy atom. The molecular formula is CH4OS4. The van der Waals surface area contributed by atoms with Gasteiger partial charge < -0.3 is 4.18 Å². The van der Waals surface area contributed by atoms with Gasteiger partial charge in [0.05, 0.1) is 7.11 Å². The number of rotatable bonds is 1. The van der Waals surface area contributed by atoms with Crippen molar-refractivity contribution >= 4 is 39.6 Å². The van der Waals surface area contributed by atoms with Crippen LogP contribution >= 0.6 is 0 Å². The van der Waals surface area contributed by atoms with Gasteiger partial charge in [0.25, 0.3) is 0 Å². The minimum Gasteiger partial charge on any atom is -0.316 e. The molecule has 0 fully saturated rings. The van der Waals surface area contributed by atoms with Gasteiger partial charge in [-0.25, -0.2) is 0 Å². The highest BCUT2D eigenvalue weighted by molar-refractivity contribution is 8.56. The molecule has 0 bridgehead atoms. The van der Waals surface area contributed by atoms with Crippen LogP contribution in [0.15, 0.2) is 0 Å². The summed E-state index contributed by atoms with van der Waals surface area (Å²) in [7, 11) is 1.97. The molecule has 1 unspecified atom stereocenters. The molecule has 5 heteroatoms. The van der Waals surface area contributed by atoms with Crippen molar-refractivity contribution in [3.05, 3.63) is 0 Å². The lowest BCUT2D eigenvalue weighted by Gasteiger charge is -1.75. The summed E-state index contributed by atoms with van der Waals surface area (Å²) in [5.41, 5.74) is 0. The molecule has 1 nitrogen and oxygen atoms in total. The van der Waals surface area contributed by atoms with Gasteiger partial charge in [-0.3, -0.25) is 0 Å². The fourth-order valence-corrected chi connectivity index (χ4v) is 0.822. The Balaban J connectivity index is 3.89. The van der Waals surface area contributed by atoms with Crippen molar-refractivity contribution in [3.8, 4) is 0 Å². The predicted octanol–water partition coefficient (Wildman–Crippen LogP) is -0.180. The maximum Gasteiger partial charge on any atom is 0.0506 e. The zero-order valence-electron chi connectivity index (χ0n) is 3.08. The number of thiol groups is 1. The third-order valence-corrected chi connectivity index (χ3v) is 4.63. The van der Waals surface area contributed by atoms with E-state index in [0.717, 1.165) is 0 Å². The highest BCUT2D eigenvalue weighted by Gasteiger charge is 1.56.